The van der Waals surface area contributed by atoms with Crippen LogP contribution in [0.25, 0.3) is 0 Å². The third-order valence-corrected chi connectivity index (χ3v) is 3.09. The average molecular weight is 223 g/mol. The number of nitrogens with two attached hydrogens (primary N) is 1. The maximum Gasteiger partial charge on any atom is 0.0948 e. The molecule has 0 bridgehead atoms. The zero-order chi connectivity index (χ0) is 11.6. The first-order valence-corrected chi connectivity index (χ1v) is 6.56. The Balaban J connectivity index is 2.24. The van der Waals surface area contributed by atoms with Crippen LogP contribution in [-0.2, 0) is 0 Å². The number of hydrogen-bond acceptors (Lipinski definition) is 2. The van der Waals surface area contributed by atoms with Crippen molar-refractivity contribution in [2.24, 2.45) is 5.73 Å². The number of unbranched alkanes of at least 4 members (excludes halogenated alkanes) is 4. The number of hydrogen-bond donors (Lipinski definition) is 1. The van der Waals surface area contributed by atoms with E-state index in [1.54, 1.807) is 0 Å². The molecule has 0 aliphatic rings. The van der Waals surface area contributed by atoms with E-state index in [4.69, 9.17) is 5.73 Å². The van der Waals surface area contributed by atoms with Crippen LogP contribution >= 0.6 is 0 Å². The predicted molar refractivity (Wildman–Crippen MR) is 68.3 cm³/mol. The molecule has 2 N–H and O–H groups in total. The average Bonchev–Trinajstić information content (AvgIpc) is 2.81. The van der Waals surface area contributed by atoms with Crippen LogP contribution < -0.4 is 5.73 Å². The summed E-state index contributed by atoms with van der Waals surface area (Å²) in [4.78, 5) is 4.11. The summed E-state index contributed by atoms with van der Waals surface area (Å²) in [7, 11) is 0. The summed E-state index contributed by atoms with van der Waals surface area (Å²) in [5, 5.41) is 0. The molecule has 0 radical (unpaired) electrons. The van der Waals surface area contributed by atoms with Crippen molar-refractivity contribution in [1.29, 1.82) is 0 Å². The summed E-state index contributed by atoms with van der Waals surface area (Å²) >= 11 is 0. The molecule has 3 heteroatoms. The molecule has 0 saturated heterocycles. The van der Waals surface area contributed by atoms with Crippen molar-refractivity contribution < 1.29 is 0 Å². The largest absolute Gasteiger partial charge is 0.334 e. The minimum absolute atomic E-state index is 0.550. The zero-order valence-corrected chi connectivity index (χ0v) is 10.4. The van der Waals surface area contributed by atoms with Crippen molar-refractivity contribution in [3.05, 3.63) is 18.7 Å². The Kier molecular flexibility index (Phi) is 6.90. The second-order valence-corrected chi connectivity index (χ2v) is 4.44. The Bertz CT molecular complexity index is 244. The molecule has 3 nitrogen and oxygen atoms in total. The van der Waals surface area contributed by atoms with Gasteiger partial charge in [-0.2, -0.15) is 0 Å². The van der Waals surface area contributed by atoms with E-state index < -0.39 is 0 Å². The number of rotatable bonds is 9. The third-order valence-electron chi connectivity index (χ3n) is 3.09. The topological polar surface area (TPSA) is 43.8 Å². The molecule has 0 amide bonds. The molecule has 0 aromatic carbocycles. The highest BCUT2D eigenvalue weighted by atomic mass is 15.0. The second kappa shape index (κ2) is 8.34. The van der Waals surface area contributed by atoms with Crippen LogP contribution in [0.2, 0.25) is 0 Å². The van der Waals surface area contributed by atoms with Gasteiger partial charge in [-0.15, -0.1) is 0 Å². The van der Waals surface area contributed by atoms with E-state index in [-0.39, 0.29) is 0 Å². The molecule has 1 unspecified atom stereocenters. The van der Waals surface area contributed by atoms with Gasteiger partial charge in [-0.3, -0.25) is 0 Å². The highest BCUT2D eigenvalue weighted by Crippen LogP contribution is 2.19. The Labute approximate surface area is 99.1 Å². The Morgan fingerprint density at radius 3 is 2.62 bits per heavy atom. The summed E-state index contributed by atoms with van der Waals surface area (Å²) in [6.07, 6.45) is 14.8. The van der Waals surface area contributed by atoms with Crippen LogP contribution in [-0.4, -0.2) is 16.1 Å². The summed E-state index contributed by atoms with van der Waals surface area (Å²) < 4.78 is 2.20. The monoisotopic (exact) mass is 223 g/mol. The van der Waals surface area contributed by atoms with Crippen molar-refractivity contribution in [3.63, 3.8) is 0 Å². The lowest BCUT2D eigenvalue weighted by atomic mass is 10.0. The summed E-state index contributed by atoms with van der Waals surface area (Å²) in [6.45, 7) is 3.01. The van der Waals surface area contributed by atoms with Gasteiger partial charge >= 0.3 is 0 Å². The van der Waals surface area contributed by atoms with E-state index in [9.17, 15) is 0 Å². The van der Waals surface area contributed by atoms with Crippen molar-refractivity contribution in [3.8, 4) is 0 Å². The summed E-state index contributed by atoms with van der Waals surface area (Å²) in [5.41, 5.74) is 5.65. The first-order valence-electron chi connectivity index (χ1n) is 6.56. The summed E-state index contributed by atoms with van der Waals surface area (Å²) in [5.74, 6) is 0. The highest BCUT2D eigenvalue weighted by Gasteiger charge is 2.08. The lowest BCUT2D eigenvalue weighted by molar-refractivity contribution is 0.417. The van der Waals surface area contributed by atoms with Crippen LogP contribution in [0.3, 0.4) is 0 Å². The Morgan fingerprint density at radius 1 is 1.19 bits per heavy atom. The normalized spacial score (nSPS) is 12.9. The third kappa shape index (κ3) is 4.79. The molecule has 1 atom stereocenters. The van der Waals surface area contributed by atoms with Crippen LogP contribution in [0.1, 0.15) is 57.9 Å². The highest BCUT2D eigenvalue weighted by molar-refractivity contribution is 4.80. The van der Waals surface area contributed by atoms with Crippen LogP contribution in [0.5, 0.6) is 0 Å². The van der Waals surface area contributed by atoms with Gasteiger partial charge in [-0.05, 0) is 19.4 Å². The lowest BCUT2D eigenvalue weighted by Gasteiger charge is -2.17. The standard InChI is InChI=1S/C13H25N3/c1-2-3-4-5-6-7-13(8-9-14)16-11-10-15-12-16/h10-13H,2-9,14H2,1H3. The number of nitrogens with zero attached hydrogens (tertiary/aromatic N) is 2. The van der Waals surface area contributed by atoms with Crippen molar-refractivity contribution >= 4 is 0 Å². The van der Waals surface area contributed by atoms with Crippen LogP contribution in [0.4, 0.5) is 0 Å². The maximum absolute atomic E-state index is 5.65. The first kappa shape index (κ1) is 13.2. The lowest BCUT2D eigenvalue weighted by Crippen LogP contribution is -2.12. The fourth-order valence-electron chi connectivity index (χ4n) is 2.10. The minimum atomic E-state index is 0.550. The van der Waals surface area contributed by atoms with Crippen LogP contribution in [0, 0.1) is 0 Å². The van der Waals surface area contributed by atoms with Crippen molar-refractivity contribution in [2.75, 3.05) is 6.54 Å². The van der Waals surface area contributed by atoms with Crippen molar-refractivity contribution in [1.82, 2.24) is 9.55 Å². The van der Waals surface area contributed by atoms with E-state index >= 15 is 0 Å². The zero-order valence-electron chi connectivity index (χ0n) is 10.4. The van der Waals surface area contributed by atoms with Gasteiger partial charge in [0.2, 0.25) is 0 Å². The molecule has 0 aliphatic carbocycles. The number of imidazole rings is 1. The van der Waals surface area contributed by atoms with Gasteiger partial charge < -0.3 is 10.3 Å². The Morgan fingerprint density at radius 2 is 2.00 bits per heavy atom. The van der Waals surface area contributed by atoms with Crippen LogP contribution in [0.15, 0.2) is 18.7 Å². The van der Waals surface area contributed by atoms with E-state index in [1.807, 2.05) is 18.7 Å². The first-order chi connectivity index (χ1) is 7.88. The van der Waals surface area contributed by atoms with Gasteiger partial charge in [0.25, 0.3) is 0 Å². The fraction of sp³-hybridized carbons (Fsp3) is 0.769. The molecule has 0 saturated carbocycles. The van der Waals surface area contributed by atoms with Gasteiger partial charge in [0.15, 0.2) is 0 Å². The molecule has 1 heterocycles. The Hall–Kier alpha value is -0.830. The molecule has 92 valence electrons. The molecule has 1 aromatic rings. The van der Waals surface area contributed by atoms with Gasteiger partial charge in [-0.1, -0.05) is 39.0 Å². The van der Waals surface area contributed by atoms with Gasteiger partial charge in [0.05, 0.1) is 6.33 Å². The minimum Gasteiger partial charge on any atom is -0.334 e. The molecular formula is C13H25N3. The predicted octanol–water partition coefficient (Wildman–Crippen LogP) is 3.13. The molecule has 1 rings (SSSR count). The van der Waals surface area contributed by atoms with Gasteiger partial charge in [0, 0.05) is 18.4 Å². The molecule has 0 spiro atoms. The number of aromatic nitrogens is 2. The molecule has 1 aromatic heterocycles. The second-order valence-electron chi connectivity index (χ2n) is 4.44. The summed E-state index contributed by atoms with van der Waals surface area (Å²) in [6, 6.07) is 0.550. The fourth-order valence-corrected chi connectivity index (χ4v) is 2.10. The molecule has 0 fully saturated rings. The van der Waals surface area contributed by atoms with Crippen molar-refractivity contribution in [2.45, 2.75) is 57.9 Å². The van der Waals surface area contributed by atoms with Gasteiger partial charge in [-0.25, -0.2) is 4.98 Å². The SMILES string of the molecule is CCCCCCCC(CCN)n1ccnc1. The molecular weight excluding hydrogens is 198 g/mol. The maximum atomic E-state index is 5.65. The van der Waals surface area contributed by atoms with E-state index in [1.165, 1.54) is 38.5 Å². The molecule has 16 heavy (non-hydrogen) atoms. The van der Waals surface area contributed by atoms with E-state index in [2.05, 4.69) is 16.5 Å². The van der Waals surface area contributed by atoms with Gasteiger partial charge in [0.1, 0.15) is 0 Å². The van der Waals surface area contributed by atoms with E-state index in [0.717, 1.165) is 13.0 Å². The quantitative estimate of drug-likeness (QED) is 0.654. The smallest absolute Gasteiger partial charge is 0.0948 e. The molecule has 0 aliphatic heterocycles. The van der Waals surface area contributed by atoms with E-state index in [0.29, 0.717) is 6.04 Å².